The van der Waals surface area contributed by atoms with E-state index in [2.05, 4.69) is 10.2 Å². The average molecular weight is 283 g/mol. The molecule has 0 bridgehead atoms. The number of hydrogen-bond acceptors (Lipinski definition) is 3. The van der Waals surface area contributed by atoms with Gasteiger partial charge in [0.05, 0.1) is 0 Å². The van der Waals surface area contributed by atoms with Crippen LogP contribution in [0.25, 0.3) is 0 Å². The van der Waals surface area contributed by atoms with Crippen molar-refractivity contribution in [1.82, 2.24) is 4.90 Å². The molecular formula is C17H21N3O. The van der Waals surface area contributed by atoms with Gasteiger partial charge in [-0.05, 0) is 49.5 Å². The highest BCUT2D eigenvalue weighted by Gasteiger charge is 2.07. The Morgan fingerprint density at radius 1 is 1.10 bits per heavy atom. The Hall–Kier alpha value is -2.17. The first-order chi connectivity index (χ1) is 10.1. The second kappa shape index (κ2) is 7.02. The topological polar surface area (TPSA) is 58.4 Å². The molecule has 0 unspecified atom stereocenters. The van der Waals surface area contributed by atoms with Crippen molar-refractivity contribution < 1.29 is 4.79 Å². The first kappa shape index (κ1) is 15.2. The van der Waals surface area contributed by atoms with Gasteiger partial charge < -0.3 is 16.0 Å². The van der Waals surface area contributed by atoms with Crippen LogP contribution in [0, 0.1) is 0 Å². The van der Waals surface area contributed by atoms with Crippen molar-refractivity contribution in [3.05, 3.63) is 65.2 Å². The minimum atomic E-state index is -0.107. The van der Waals surface area contributed by atoms with Crippen LogP contribution < -0.4 is 11.1 Å². The Morgan fingerprint density at radius 3 is 2.52 bits per heavy atom. The van der Waals surface area contributed by atoms with Crippen molar-refractivity contribution in [3.8, 4) is 0 Å². The zero-order chi connectivity index (χ0) is 15.2. The van der Waals surface area contributed by atoms with Crippen LogP contribution in [0.4, 0.5) is 5.69 Å². The van der Waals surface area contributed by atoms with Gasteiger partial charge in [0.2, 0.25) is 0 Å². The lowest BCUT2D eigenvalue weighted by molar-refractivity contribution is 0.102. The SMILES string of the molecule is CN(C)Cc1cccc(C(=O)Nc2cccc(CN)c2)c1. The summed E-state index contributed by atoms with van der Waals surface area (Å²) < 4.78 is 0. The number of hydrogen-bond donors (Lipinski definition) is 2. The fraction of sp³-hybridized carbons (Fsp3) is 0.235. The molecule has 4 nitrogen and oxygen atoms in total. The Labute approximate surface area is 125 Å². The molecule has 0 fully saturated rings. The second-order valence-corrected chi connectivity index (χ2v) is 5.30. The van der Waals surface area contributed by atoms with Gasteiger partial charge in [0.1, 0.15) is 0 Å². The van der Waals surface area contributed by atoms with E-state index in [-0.39, 0.29) is 5.91 Å². The first-order valence-electron chi connectivity index (χ1n) is 6.92. The molecule has 21 heavy (non-hydrogen) atoms. The number of benzene rings is 2. The number of nitrogens with two attached hydrogens (primary N) is 1. The van der Waals surface area contributed by atoms with Crippen LogP contribution in [0.1, 0.15) is 21.5 Å². The molecular weight excluding hydrogens is 262 g/mol. The van der Waals surface area contributed by atoms with Crippen molar-refractivity contribution in [1.29, 1.82) is 0 Å². The van der Waals surface area contributed by atoms with E-state index in [0.29, 0.717) is 12.1 Å². The zero-order valence-corrected chi connectivity index (χ0v) is 12.5. The number of rotatable bonds is 5. The minimum absolute atomic E-state index is 0.107. The number of carbonyl (C=O) groups excluding carboxylic acids is 1. The molecule has 0 aromatic heterocycles. The van der Waals surface area contributed by atoms with Crippen LogP contribution in [0.5, 0.6) is 0 Å². The molecule has 110 valence electrons. The van der Waals surface area contributed by atoms with E-state index >= 15 is 0 Å². The predicted molar refractivity (Wildman–Crippen MR) is 86.1 cm³/mol. The lowest BCUT2D eigenvalue weighted by atomic mass is 10.1. The Morgan fingerprint density at radius 2 is 1.81 bits per heavy atom. The Balaban J connectivity index is 2.12. The van der Waals surface area contributed by atoms with Crippen LogP contribution in [0.15, 0.2) is 48.5 Å². The van der Waals surface area contributed by atoms with E-state index in [1.807, 2.05) is 62.6 Å². The fourth-order valence-electron chi connectivity index (χ4n) is 2.16. The van der Waals surface area contributed by atoms with Gasteiger partial charge in [-0.3, -0.25) is 4.79 Å². The molecule has 2 aromatic carbocycles. The quantitative estimate of drug-likeness (QED) is 0.886. The maximum atomic E-state index is 12.3. The van der Waals surface area contributed by atoms with Crippen LogP contribution in [-0.4, -0.2) is 24.9 Å². The van der Waals surface area contributed by atoms with E-state index in [4.69, 9.17) is 5.73 Å². The van der Waals surface area contributed by atoms with E-state index in [9.17, 15) is 4.79 Å². The van der Waals surface area contributed by atoms with Gasteiger partial charge in [-0.1, -0.05) is 24.3 Å². The monoisotopic (exact) mass is 283 g/mol. The maximum Gasteiger partial charge on any atom is 0.255 e. The molecule has 2 rings (SSSR count). The van der Waals surface area contributed by atoms with Gasteiger partial charge in [0, 0.05) is 24.3 Å². The molecule has 3 N–H and O–H groups in total. The smallest absolute Gasteiger partial charge is 0.255 e. The third-order valence-corrected chi connectivity index (χ3v) is 3.11. The number of nitrogens with zero attached hydrogens (tertiary/aromatic N) is 1. The van der Waals surface area contributed by atoms with E-state index in [1.165, 1.54) is 0 Å². The highest BCUT2D eigenvalue weighted by molar-refractivity contribution is 6.04. The first-order valence-corrected chi connectivity index (χ1v) is 6.92. The zero-order valence-electron chi connectivity index (χ0n) is 12.5. The fourth-order valence-corrected chi connectivity index (χ4v) is 2.16. The van der Waals surface area contributed by atoms with Gasteiger partial charge in [0.15, 0.2) is 0 Å². The van der Waals surface area contributed by atoms with Crippen molar-refractivity contribution in [2.75, 3.05) is 19.4 Å². The summed E-state index contributed by atoms with van der Waals surface area (Å²) >= 11 is 0. The number of nitrogens with one attached hydrogen (secondary N) is 1. The summed E-state index contributed by atoms with van der Waals surface area (Å²) in [5, 5.41) is 2.91. The van der Waals surface area contributed by atoms with Crippen LogP contribution >= 0.6 is 0 Å². The number of anilines is 1. The summed E-state index contributed by atoms with van der Waals surface area (Å²) in [6.45, 7) is 1.27. The molecule has 0 radical (unpaired) electrons. The molecule has 0 saturated heterocycles. The average Bonchev–Trinajstić information content (AvgIpc) is 2.47. The molecule has 0 spiro atoms. The van der Waals surface area contributed by atoms with Crippen LogP contribution in [-0.2, 0) is 13.1 Å². The molecule has 0 aliphatic rings. The largest absolute Gasteiger partial charge is 0.326 e. The van der Waals surface area contributed by atoms with E-state index in [0.717, 1.165) is 23.4 Å². The van der Waals surface area contributed by atoms with Crippen LogP contribution in [0.3, 0.4) is 0 Å². The predicted octanol–water partition coefficient (Wildman–Crippen LogP) is 2.46. The van der Waals surface area contributed by atoms with Gasteiger partial charge in [-0.15, -0.1) is 0 Å². The Kier molecular flexibility index (Phi) is 5.09. The summed E-state index contributed by atoms with van der Waals surface area (Å²) in [5.41, 5.74) is 9.14. The summed E-state index contributed by atoms with van der Waals surface area (Å²) in [7, 11) is 4.01. The summed E-state index contributed by atoms with van der Waals surface area (Å²) in [6.07, 6.45) is 0. The lowest BCUT2D eigenvalue weighted by Gasteiger charge is -2.11. The standard InChI is InChI=1S/C17H21N3O/c1-20(2)12-14-6-3-7-15(9-14)17(21)19-16-8-4-5-13(10-16)11-18/h3-10H,11-12,18H2,1-2H3,(H,19,21). The highest BCUT2D eigenvalue weighted by atomic mass is 16.1. The molecule has 1 amide bonds. The lowest BCUT2D eigenvalue weighted by Crippen LogP contribution is -2.14. The molecule has 0 atom stereocenters. The van der Waals surface area contributed by atoms with Gasteiger partial charge in [-0.2, -0.15) is 0 Å². The maximum absolute atomic E-state index is 12.3. The third-order valence-electron chi connectivity index (χ3n) is 3.11. The summed E-state index contributed by atoms with van der Waals surface area (Å²) in [4.78, 5) is 14.4. The molecule has 2 aromatic rings. The summed E-state index contributed by atoms with van der Waals surface area (Å²) in [6, 6.07) is 15.2. The molecule has 0 aliphatic heterocycles. The molecule has 0 aliphatic carbocycles. The van der Waals surface area contributed by atoms with Gasteiger partial charge >= 0.3 is 0 Å². The van der Waals surface area contributed by atoms with Crippen molar-refractivity contribution in [2.45, 2.75) is 13.1 Å². The second-order valence-electron chi connectivity index (χ2n) is 5.30. The minimum Gasteiger partial charge on any atom is -0.326 e. The normalized spacial score (nSPS) is 10.7. The van der Waals surface area contributed by atoms with Gasteiger partial charge in [-0.25, -0.2) is 0 Å². The Bertz CT molecular complexity index is 623. The third kappa shape index (κ3) is 4.41. The molecule has 4 heteroatoms. The number of amides is 1. The number of carbonyl (C=O) groups is 1. The van der Waals surface area contributed by atoms with Gasteiger partial charge in [0.25, 0.3) is 5.91 Å². The van der Waals surface area contributed by atoms with Crippen molar-refractivity contribution >= 4 is 11.6 Å². The van der Waals surface area contributed by atoms with Crippen molar-refractivity contribution in [3.63, 3.8) is 0 Å². The summed E-state index contributed by atoms with van der Waals surface area (Å²) in [5.74, 6) is -0.107. The van der Waals surface area contributed by atoms with E-state index < -0.39 is 0 Å². The highest BCUT2D eigenvalue weighted by Crippen LogP contribution is 2.13. The van der Waals surface area contributed by atoms with Crippen LogP contribution in [0.2, 0.25) is 0 Å². The molecule has 0 heterocycles. The van der Waals surface area contributed by atoms with E-state index in [1.54, 1.807) is 0 Å². The van der Waals surface area contributed by atoms with Crippen molar-refractivity contribution in [2.24, 2.45) is 5.73 Å². The molecule has 0 saturated carbocycles.